The number of oxazole rings is 1. The van der Waals surface area contributed by atoms with Gasteiger partial charge in [-0.25, -0.2) is 4.98 Å². The number of fused-ring (bicyclic) bond motifs is 1. The number of benzene rings is 2. The van der Waals surface area contributed by atoms with E-state index in [4.69, 9.17) is 9.15 Å². The van der Waals surface area contributed by atoms with E-state index in [1.807, 2.05) is 42.5 Å². The maximum atomic E-state index is 5.83. The van der Waals surface area contributed by atoms with Gasteiger partial charge in [-0.2, -0.15) is 0 Å². The lowest BCUT2D eigenvalue weighted by molar-refractivity contribution is 0.415. The first-order chi connectivity index (χ1) is 9.80. The quantitative estimate of drug-likeness (QED) is 0.778. The van der Waals surface area contributed by atoms with E-state index in [-0.39, 0.29) is 0 Å². The van der Waals surface area contributed by atoms with Gasteiger partial charge >= 0.3 is 0 Å². The molecule has 20 heavy (non-hydrogen) atoms. The molecule has 1 aromatic heterocycles. The number of hydrogen-bond acceptors (Lipinski definition) is 4. The van der Waals surface area contributed by atoms with Gasteiger partial charge in [0.05, 0.1) is 7.11 Å². The molecular weight excluding hydrogens is 252 g/mol. The third kappa shape index (κ3) is 2.32. The third-order valence-corrected chi connectivity index (χ3v) is 3.09. The largest absolute Gasteiger partial charge is 0.497 e. The van der Waals surface area contributed by atoms with Gasteiger partial charge in [0.25, 0.3) is 0 Å². The molecule has 4 nitrogen and oxygen atoms in total. The fourth-order valence-corrected chi connectivity index (χ4v) is 2.12. The molecule has 0 aliphatic heterocycles. The van der Waals surface area contributed by atoms with Crippen LogP contribution in [0.3, 0.4) is 0 Å². The third-order valence-electron chi connectivity index (χ3n) is 3.09. The molecule has 1 heterocycles. The van der Waals surface area contributed by atoms with Gasteiger partial charge in [-0.1, -0.05) is 6.07 Å². The lowest BCUT2D eigenvalue weighted by atomic mass is 10.2. The standard InChI is InChI=1S/C16H16N2O2/c1-3-17-12-7-8-14-15(10-12)20-16(18-14)11-5-4-6-13(9-11)19-2/h4-10,17H,3H2,1-2H3. The van der Waals surface area contributed by atoms with Crippen LogP contribution in [0.5, 0.6) is 5.75 Å². The van der Waals surface area contributed by atoms with Gasteiger partial charge < -0.3 is 14.5 Å². The number of hydrogen-bond donors (Lipinski definition) is 1. The summed E-state index contributed by atoms with van der Waals surface area (Å²) < 4.78 is 11.1. The minimum Gasteiger partial charge on any atom is -0.497 e. The van der Waals surface area contributed by atoms with Gasteiger partial charge in [-0.05, 0) is 37.3 Å². The molecule has 3 rings (SSSR count). The van der Waals surface area contributed by atoms with Gasteiger partial charge in [0, 0.05) is 23.9 Å². The topological polar surface area (TPSA) is 47.3 Å². The van der Waals surface area contributed by atoms with E-state index < -0.39 is 0 Å². The van der Waals surface area contributed by atoms with Crippen molar-refractivity contribution in [1.29, 1.82) is 0 Å². The van der Waals surface area contributed by atoms with Crippen LogP contribution in [0.4, 0.5) is 5.69 Å². The SMILES string of the molecule is CCNc1ccc2nc(-c3cccc(OC)c3)oc2c1. The first-order valence-electron chi connectivity index (χ1n) is 6.59. The molecule has 0 unspecified atom stereocenters. The predicted molar refractivity (Wildman–Crippen MR) is 80.2 cm³/mol. The molecule has 0 saturated heterocycles. The highest BCUT2D eigenvalue weighted by Crippen LogP contribution is 2.28. The minimum atomic E-state index is 0.604. The van der Waals surface area contributed by atoms with Crippen LogP contribution in [0.15, 0.2) is 46.9 Å². The molecule has 0 atom stereocenters. The first-order valence-corrected chi connectivity index (χ1v) is 6.59. The minimum absolute atomic E-state index is 0.604. The van der Waals surface area contributed by atoms with E-state index in [1.165, 1.54) is 0 Å². The number of rotatable bonds is 4. The highest BCUT2D eigenvalue weighted by atomic mass is 16.5. The summed E-state index contributed by atoms with van der Waals surface area (Å²) >= 11 is 0. The van der Waals surface area contributed by atoms with Crippen molar-refractivity contribution in [1.82, 2.24) is 4.98 Å². The number of anilines is 1. The smallest absolute Gasteiger partial charge is 0.227 e. The zero-order valence-corrected chi connectivity index (χ0v) is 11.5. The molecule has 0 bridgehead atoms. The zero-order chi connectivity index (χ0) is 13.9. The number of aromatic nitrogens is 1. The fraction of sp³-hybridized carbons (Fsp3) is 0.188. The molecule has 4 heteroatoms. The summed E-state index contributed by atoms with van der Waals surface area (Å²) in [4.78, 5) is 4.51. The Morgan fingerprint density at radius 1 is 1.20 bits per heavy atom. The molecule has 0 saturated carbocycles. The Kier molecular flexibility index (Phi) is 3.29. The molecule has 102 valence electrons. The monoisotopic (exact) mass is 268 g/mol. The summed E-state index contributed by atoms with van der Waals surface area (Å²) in [5, 5.41) is 3.26. The van der Waals surface area contributed by atoms with Crippen LogP contribution in [-0.4, -0.2) is 18.6 Å². The van der Waals surface area contributed by atoms with E-state index in [9.17, 15) is 0 Å². The Labute approximate surface area is 117 Å². The lowest BCUT2D eigenvalue weighted by Crippen LogP contribution is -1.95. The van der Waals surface area contributed by atoms with Crippen molar-refractivity contribution in [2.24, 2.45) is 0 Å². The van der Waals surface area contributed by atoms with E-state index >= 15 is 0 Å². The van der Waals surface area contributed by atoms with Crippen LogP contribution >= 0.6 is 0 Å². The summed E-state index contributed by atoms with van der Waals surface area (Å²) in [5.41, 5.74) is 3.57. The maximum absolute atomic E-state index is 5.83. The Balaban J connectivity index is 2.03. The molecule has 1 N–H and O–H groups in total. The lowest BCUT2D eigenvalue weighted by Gasteiger charge is -2.00. The average molecular weight is 268 g/mol. The second-order valence-corrected chi connectivity index (χ2v) is 4.46. The summed E-state index contributed by atoms with van der Waals surface area (Å²) in [6.07, 6.45) is 0. The molecule has 0 fully saturated rings. The van der Waals surface area contributed by atoms with Gasteiger partial charge in [0.1, 0.15) is 11.3 Å². The molecule has 0 aliphatic rings. The number of methoxy groups -OCH3 is 1. The number of nitrogens with one attached hydrogen (secondary N) is 1. The molecule has 0 radical (unpaired) electrons. The normalized spacial score (nSPS) is 10.7. The van der Waals surface area contributed by atoms with Crippen molar-refractivity contribution >= 4 is 16.8 Å². The summed E-state index contributed by atoms with van der Waals surface area (Å²) in [7, 11) is 1.65. The summed E-state index contributed by atoms with van der Waals surface area (Å²) in [5.74, 6) is 1.39. The Bertz CT molecular complexity index is 734. The van der Waals surface area contributed by atoms with Crippen LogP contribution in [0.2, 0.25) is 0 Å². The number of ether oxygens (including phenoxy) is 1. The van der Waals surface area contributed by atoms with Crippen molar-refractivity contribution < 1.29 is 9.15 Å². The van der Waals surface area contributed by atoms with Crippen molar-refractivity contribution in [3.63, 3.8) is 0 Å². The van der Waals surface area contributed by atoms with Crippen molar-refractivity contribution in [2.75, 3.05) is 19.0 Å². The molecule has 0 spiro atoms. The van der Waals surface area contributed by atoms with Crippen molar-refractivity contribution in [3.8, 4) is 17.2 Å². The molecular formula is C16H16N2O2. The molecule has 2 aromatic carbocycles. The van der Waals surface area contributed by atoms with Crippen LogP contribution in [0.1, 0.15) is 6.92 Å². The molecule has 3 aromatic rings. The van der Waals surface area contributed by atoms with E-state index in [0.717, 1.165) is 34.6 Å². The van der Waals surface area contributed by atoms with Crippen LogP contribution in [0, 0.1) is 0 Å². The van der Waals surface area contributed by atoms with Crippen molar-refractivity contribution in [3.05, 3.63) is 42.5 Å². The fourth-order valence-electron chi connectivity index (χ4n) is 2.12. The highest BCUT2D eigenvalue weighted by Gasteiger charge is 2.09. The average Bonchev–Trinajstić information content (AvgIpc) is 2.91. The van der Waals surface area contributed by atoms with Gasteiger partial charge in [0.2, 0.25) is 5.89 Å². The second kappa shape index (κ2) is 5.25. The van der Waals surface area contributed by atoms with Gasteiger partial charge in [-0.3, -0.25) is 0 Å². The van der Waals surface area contributed by atoms with E-state index in [1.54, 1.807) is 7.11 Å². The van der Waals surface area contributed by atoms with Crippen LogP contribution in [0.25, 0.3) is 22.6 Å². The maximum Gasteiger partial charge on any atom is 0.227 e. The number of nitrogens with zero attached hydrogens (tertiary/aromatic N) is 1. The predicted octanol–water partition coefficient (Wildman–Crippen LogP) is 3.94. The summed E-state index contributed by atoms with van der Waals surface area (Å²) in [6, 6.07) is 13.6. The second-order valence-electron chi connectivity index (χ2n) is 4.46. The zero-order valence-electron chi connectivity index (χ0n) is 11.5. The first kappa shape index (κ1) is 12.5. The molecule has 0 amide bonds. The van der Waals surface area contributed by atoms with Crippen LogP contribution < -0.4 is 10.1 Å². The van der Waals surface area contributed by atoms with Gasteiger partial charge in [0.15, 0.2) is 5.58 Å². The highest BCUT2D eigenvalue weighted by molar-refractivity contribution is 5.80. The van der Waals surface area contributed by atoms with Gasteiger partial charge in [-0.15, -0.1) is 0 Å². The Morgan fingerprint density at radius 3 is 2.90 bits per heavy atom. The van der Waals surface area contributed by atoms with Crippen molar-refractivity contribution in [2.45, 2.75) is 6.92 Å². The van der Waals surface area contributed by atoms with Crippen LogP contribution in [-0.2, 0) is 0 Å². The van der Waals surface area contributed by atoms with E-state index in [0.29, 0.717) is 5.89 Å². The van der Waals surface area contributed by atoms with E-state index in [2.05, 4.69) is 17.2 Å². The Morgan fingerprint density at radius 2 is 2.10 bits per heavy atom. The summed E-state index contributed by atoms with van der Waals surface area (Å²) in [6.45, 7) is 2.94. The molecule has 0 aliphatic carbocycles. The Hall–Kier alpha value is -2.49.